The molecule has 0 aromatic carbocycles. The van der Waals surface area contributed by atoms with Gasteiger partial charge in [-0.1, -0.05) is 19.8 Å². The molecule has 154 valence electrons. The number of thiophene rings is 1. The van der Waals surface area contributed by atoms with Gasteiger partial charge in [0, 0.05) is 0 Å². The smallest absolute Gasteiger partial charge is 0.327 e. The molecule has 2 fully saturated rings. The minimum absolute atomic E-state index is 0.0152. The van der Waals surface area contributed by atoms with Gasteiger partial charge >= 0.3 is 12.0 Å². The van der Waals surface area contributed by atoms with Crippen LogP contribution in [0.4, 0.5) is 9.80 Å². The summed E-state index contributed by atoms with van der Waals surface area (Å²) in [6.07, 6.45) is 2.05. The van der Waals surface area contributed by atoms with Gasteiger partial charge in [0.2, 0.25) is 0 Å². The molecule has 2 aliphatic rings. The first kappa shape index (κ1) is 20.8. The number of rotatable bonds is 5. The van der Waals surface area contributed by atoms with Gasteiger partial charge in [0.05, 0.1) is 5.56 Å². The number of nitriles is 1. The zero-order chi connectivity index (χ0) is 21.2. The molecule has 3 atom stereocenters. The van der Waals surface area contributed by atoms with Crippen LogP contribution in [0.15, 0.2) is 11.4 Å². The summed E-state index contributed by atoms with van der Waals surface area (Å²) in [6.45, 7) is 2.74. The van der Waals surface area contributed by atoms with E-state index < -0.39 is 42.0 Å². The normalized spacial score (nSPS) is 24.7. The molecular formula is C19H22N4O5S. The van der Waals surface area contributed by atoms with Gasteiger partial charge in [-0.05, 0) is 37.1 Å². The van der Waals surface area contributed by atoms with E-state index in [1.54, 1.807) is 11.4 Å². The molecule has 1 saturated heterocycles. The Morgan fingerprint density at radius 3 is 2.93 bits per heavy atom. The summed E-state index contributed by atoms with van der Waals surface area (Å²) in [5.41, 5.74) is -0.640. The Balaban J connectivity index is 1.59. The highest BCUT2D eigenvalue weighted by atomic mass is 32.1. The van der Waals surface area contributed by atoms with Crippen molar-refractivity contribution in [3.63, 3.8) is 0 Å². The van der Waals surface area contributed by atoms with E-state index >= 15 is 0 Å². The summed E-state index contributed by atoms with van der Waals surface area (Å²) in [5, 5.41) is 16.3. The molecule has 0 unspecified atom stereocenters. The Kier molecular flexibility index (Phi) is 5.88. The number of anilines is 1. The molecule has 1 aromatic rings. The van der Waals surface area contributed by atoms with Crippen LogP contribution < -0.4 is 10.6 Å². The van der Waals surface area contributed by atoms with Crippen LogP contribution in [0.5, 0.6) is 0 Å². The molecule has 3 rings (SSSR count). The quantitative estimate of drug-likeness (QED) is 0.556. The van der Waals surface area contributed by atoms with Crippen molar-refractivity contribution in [3.8, 4) is 6.07 Å². The van der Waals surface area contributed by atoms with E-state index in [2.05, 4.69) is 10.6 Å². The molecular weight excluding hydrogens is 396 g/mol. The molecule has 2 N–H and O–H groups in total. The van der Waals surface area contributed by atoms with E-state index in [1.165, 1.54) is 18.3 Å². The summed E-state index contributed by atoms with van der Waals surface area (Å²) in [6, 6.07) is 2.90. The number of hydrogen-bond donors (Lipinski definition) is 2. The lowest BCUT2D eigenvalue weighted by Crippen LogP contribution is -2.54. The van der Waals surface area contributed by atoms with Gasteiger partial charge in [0.15, 0.2) is 6.10 Å². The largest absolute Gasteiger partial charge is 0.451 e. The van der Waals surface area contributed by atoms with Gasteiger partial charge in [-0.2, -0.15) is 5.26 Å². The fourth-order valence-corrected chi connectivity index (χ4v) is 4.50. The lowest BCUT2D eigenvalue weighted by atomic mass is 9.73. The number of nitrogens with zero attached hydrogens (tertiary/aromatic N) is 2. The molecule has 1 saturated carbocycles. The first-order valence-corrected chi connectivity index (χ1v) is 10.3. The number of carbonyl (C=O) groups is 4. The molecule has 1 spiro atoms. The molecule has 2 heterocycles. The van der Waals surface area contributed by atoms with Gasteiger partial charge in [-0.15, -0.1) is 11.3 Å². The molecule has 1 aliphatic carbocycles. The van der Waals surface area contributed by atoms with Crippen molar-refractivity contribution in [2.75, 3.05) is 11.9 Å². The van der Waals surface area contributed by atoms with Crippen LogP contribution in [0.1, 0.15) is 45.1 Å². The van der Waals surface area contributed by atoms with Crippen LogP contribution in [-0.2, 0) is 19.1 Å². The minimum atomic E-state index is -1.15. The summed E-state index contributed by atoms with van der Waals surface area (Å²) in [4.78, 5) is 50.5. The maximum absolute atomic E-state index is 12.9. The molecule has 1 aliphatic heterocycles. The van der Waals surface area contributed by atoms with Crippen molar-refractivity contribution < 1.29 is 23.9 Å². The van der Waals surface area contributed by atoms with Crippen molar-refractivity contribution >= 4 is 40.2 Å². The van der Waals surface area contributed by atoms with E-state index in [4.69, 9.17) is 10.00 Å². The lowest BCUT2D eigenvalue weighted by molar-refractivity contribution is -0.155. The monoisotopic (exact) mass is 418 g/mol. The first-order chi connectivity index (χ1) is 13.8. The third kappa shape index (κ3) is 3.96. The predicted molar refractivity (Wildman–Crippen MR) is 104 cm³/mol. The van der Waals surface area contributed by atoms with E-state index in [9.17, 15) is 19.2 Å². The second-order valence-corrected chi connectivity index (χ2v) is 8.25. The summed E-state index contributed by atoms with van der Waals surface area (Å²) in [5.74, 6) is -1.89. The van der Waals surface area contributed by atoms with Crippen LogP contribution in [-0.4, -0.2) is 46.9 Å². The van der Waals surface area contributed by atoms with Crippen molar-refractivity contribution in [1.29, 1.82) is 5.26 Å². The Hall–Kier alpha value is -2.93. The summed E-state index contributed by atoms with van der Waals surface area (Å²) in [7, 11) is 0. The molecule has 29 heavy (non-hydrogen) atoms. The zero-order valence-corrected chi connectivity index (χ0v) is 17.0. The molecule has 10 heteroatoms. The van der Waals surface area contributed by atoms with Gasteiger partial charge in [-0.3, -0.25) is 19.3 Å². The maximum atomic E-state index is 12.9. The Labute approximate surface area is 172 Å². The number of imide groups is 1. The predicted octanol–water partition coefficient (Wildman–Crippen LogP) is 1.99. The van der Waals surface area contributed by atoms with Crippen LogP contribution in [0.25, 0.3) is 0 Å². The standard InChI is InChI=1S/C19H22N4O5S/c1-11-5-3-4-7-19(11)17(26)23(18(27)22-19)10-14(24)28-12(2)15(25)21-16-13(9-20)6-8-29-16/h6,8,11-12H,3-5,7,10H2,1-2H3,(H,21,25)(H,22,27)/t11-,12-,19-/m0/s1. The van der Waals surface area contributed by atoms with E-state index in [0.29, 0.717) is 17.0 Å². The van der Waals surface area contributed by atoms with Gasteiger partial charge in [0.1, 0.15) is 23.2 Å². The lowest BCUT2D eigenvalue weighted by Gasteiger charge is -2.36. The number of amides is 4. The van der Waals surface area contributed by atoms with Crippen LogP contribution in [0.3, 0.4) is 0 Å². The average molecular weight is 418 g/mol. The molecule has 9 nitrogen and oxygen atoms in total. The Morgan fingerprint density at radius 2 is 2.24 bits per heavy atom. The van der Waals surface area contributed by atoms with Crippen molar-refractivity contribution in [1.82, 2.24) is 10.2 Å². The molecule has 4 amide bonds. The Bertz CT molecular complexity index is 891. The zero-order valence-electron chi connectivity index (χ0n) is 16.2. The number of urea groups is 1. The summed E-state index contributed by atoms with van der Waals surface area (Å²) >= 11 is 1.18. The van der Waals surface area contributed by atoms with E-state index in [0.717, 1.165) is 24.2 Å². The topological polar surface area (TPSA) is 129 Å². The van der Waals surface area contributed by atoms with Crippen molar-refractivity contribution in [3.05, 3.63) is 17.0 Å². The fourth-order valence-electron chi connectivity index (χ4n) is 3.76. The third-order valence-corrected chi connectivity index (χ3v) is 6.32. The third-order valence-electron chi connectivity index (χ3n) is 5.49. The van der Waals surface area contributed by atoms with Crippen LogP contribution >= 0.6 is 11.3 Å². The maximum Gasteiger partial charge on any atom is 0.327 e. The number of nitrogens with one attached hydrogen (secondary N) is 2. The average Bonchev–Trinajstić information content (AvgIpc) is 3.22. The van der Waals surface area contributed by atoms with Gasteiger partial charge in [-0.25, -0.2) is 4.79 Å². The molecule has 0 radical (unpaired) electrons. The second kappa shape index (κ2) is 8.21. The van der Waals surface area contributed by atoms with E-state index in [1.807, 2.05) is 13.0 Å². The van der Waals surface area contributed by atoms with Crippen LogP contribution in [0, 0.1) is 17.2 Å². The van der Waals surface area contributed by atoms with Crippen molar-refractivity contribution in [2.24, 2.45) is 5.92 Å². The number of esters is 1. The number of ether oxygens (including phenoxy) is 1. The highest BCUT2D eigenvalue weighted by molar-refractivity contribution is 7.14. The highest BCUT2D eigenvalue weighted by Gasteiger charge is 2.55. The molecule has 1 aromatic heterocycles. The minimum Gasteiger partial charge on any atom is -0.451 e. The first-order valence-electron chi connectivity index (χ1n) is 9.40. The summed E-state index contributed by atoms with van der Waals surface area (Å²) < 4.78 is 5.09. The number of carbonyl (C=O) groups excluding carboxylic acids is 4. The SMILES string of the molecule is C[C@H](OC(=O)CN1C(=O)N[C@]2(CCCC[C@@H]2C)C1=O)C(=O)Nc1sccc1C#N. The Morgan fingerprint density at radius 1 is 1.48 bits per heavy atom. The highest BCUT2D eigenvalue weighted by Crippen LogP contribution is 2.38. The van der Waals surface area contributed by atoms with Crippen molar-refractivity contribution in [2.45, 2.75) is 51.2 Å². The molecule has 0 bridgehead atoms. The van der Waals surface area contributed by atoms with E-state index in [-0.39, 0.29) is 5.92 Å². The van der Waals surface area contributed by atoms with Gasteiger partial charge in [0.25, 0.3) is 11.8 Å². The second-order valence-electron chi connectivity index (χ2n) is 7.34. The van der Waals surface area contributed by atoms with Crippen LogP contribution in [0.2, 0.25) is 0 Å². The van der Waals surface area contributed by atoms with Gasteiger partial charge < -0.3 is 15.4 Å². The number of hydrogen-bond acceptors (Lipinski definition) is 7. The fraction of sp³-hybridized carbons (Fsp3) is 0.526.